The van der Waals surface area contributed by atoms with E-state index in [4.69, 9.17) is 5.26 Å². The molecule has 3 aromatic carbocycles. The molecule has 0 bridgehead atoms. The molecular formula is C26H19FN2O3. The fraction of sp³-hybridized carbons (Fsp3) is 0.115. The molecule has 1 aliphatic rings. The number of hydrogen-bond acceptors (Lipinski definition) is 4. The molecule has 1 N–H and O–H groups in total. The van der Waals surface area contributed by atoms with E-state index in [1.165, 1.54) is 29.2 Å². The van der Waals surface area contributed by atoms with Crippen LogP contribution in [0.2, 0.25) is 0 Å². The Morgan fingerprint density at radius 2 is 1.62 bits per heavy atom. The highest BCUT2D eigenvalue weighted by Crippen LogP contribution is 2.42. The Morgan fingerprint density at radius 3 is 2.19 bits per heavy atom. The number of Topliss-reactive ketones (excluding diaryl/α,β-unsaturated/α-hetero) is 1. The van der Waals surface area contributed by atoms with Gasteiger partial charge in [-0.3, -0.25) is 14.5 Å². The summed E-state index contributed by atoms with van der Waals surface area (Å²) in [6.07, 6.45) is 0.819. The van der Waals surface area contributed by atoms with E-state index in [-0.39, 0.29) is 11.3 Å². The van der Waals surface area contributed by atoms with Crippen LogP contribution in [0, 0.1) is 17.1 Å². The van der Waals surface area contributed by atoms with Crippen molar-refractivity contribution >= 4 is 23.1 Å². The number of carbonyl (C=O) groups excluding carboxylic acids is 2. The van der Waals surface area contributed by atoms with Gasteiger partial charge >= 0.3 is 0 Å². The molecule has 3 aromatic rings. The van der Waals surface area contributed by atoms with Gasteiger partial charge in [0.25, 0.3) is 11.7 Å². The molecule has 1 amide bonds. The third kappa shape index (κ3) is 3.65. The van der Waals surface area contributed by atoms with Gasteiger partial charge in [-0.05, 0) is 53.9 Å². The Labute approximate surface area is 184 Å². The minimum Gasteiger partial charge on any atom is -0.507 e. The lowest BCUT2D eigenvalue weighted by molar-refractivity contribution is -0.132. The van der Waals surface area contributed by atoms with Crippen LogP contribution in [0.15, 0.2) is 78.4 Å². The molecule has 0 radical (unpaired) electrons. The van der Waals surface area contributed by atoms with Gasteiger partial charge < -0.3 is 5.11 Å². The average Bonchev–Trinajstić information content (AvgIpc) is 3.09. The van der Waals surface area contributed by atoms with E-state index < -0.39 is 23.5 Å². The van der Waals surface area contributed by atoms with Crippen molar-refractivity contribution in [3.63, 3.8) is 0 Å². The smallest absolute Gasteiger partial charge is 0.300 e. The number of benzene rings is 3. The molecule has 0 aliphatic carbocycles. The third-order valence-electron chi connectivity index (χ3n) is 5.54. The van der Waals surface area contributed by atoms with E-state index in [1.807, 2.05) is 25.1 Å². The number of ketones is 1. The van der Waals surface area contributed by atoms with E-state index in [2.05, 4.69) is 0 Å². The molecule has 158 valence electrons. The van der Waals surface area contributed by atoms with Crippen LogP contribution in [0.4, 0.5) is 10.1 Å². The maximum absolute atomic E-state index is 13.6. The first-order valence-corrected chi connectivity index (χ1v) is 10.1. The maximum atomic E-state index is 13.6. The molecule has 0 aromatic heterocycles. The summed E-state index contributed by atoms with van der Waals surface area (Å²) in [4.78, 5) is 27.4. The number of nitriles is 1. The first-order valence-electron chi connectivity index (χ1n) is 10.1. The predicted molar refractivity (Wildman–Crippen MR) is 118 cm³/mol. The lowest BCUT2D eigenvalue weighted by Gasteiger charge is -2.25. The summed E-state index contributed by atoms with van der Waals surface area (Å²) in [6.45, 7) is 2.01. The second-order valence-electron chi connectivity index (χ2n) is 7.43. The lowest BCUT2D eigenvalue weighted by atomic mass is 9.94. The third-order valence-corrected chi connectivity index (χ3v) is 5.54. The Kier molecular flexibility index (Phi) is 5.57. The predicted octanol–water partition coefficient (Wildman–Crippen LogP) is 4.89. The quantitative estimate of drug-likeness (QED) is 0.366. The molecule has 0 saturated carbocycles. The van der Waals surface area contributed by atoms with Crippen molar-refractivity contribution in [1.82, 2.24) is 0 Å². The number of carbonyl (C=O) groups is 2. The average molecular weight is 426 g/mol. The van der Waals surface area contributed by atoms with Gasteiger partial charge in [-0.1, -0.05) is 43.3 Å². The lowest BCUT2D eigenvalue weighted by Crippen LogP contribution is -2.29. The van der Waals surface area contributed by atoms with Gasteiger partial charge in [0.15, 0.2) is 0 Å². The molecule has 5 nitrogen and oxygen atoms in total. The summed E-state index contributed by atoms with van der Waals surface area (Å²) in [5.74, 6) is -2.40. The molecular weight excluding hydrogens is 407 g/mol. The van der Waals surface area contributed by atoms with Crippen molar-refractivity contribution in [2.45, 2.75) is 19.4 Å². The van der Waals surface area contributed by atoms with Gasteiger partial charge in [0.05, 0.1) is 23.2 Å². The van der Waals surface area contributed by atoms with Crippen molar-refractivity contribution in [2.24, 2.45) is 0 Å². The summed E-state index contributed by atoms with van der Waals surface area (Å²) in [6, 6.07) is 19.8. The molecule has 1 atom stereocenters. The maximum Gasteiger partial charge on any atom is 0.300 e. The fourth-order valence-corrected chi connectivity index (χ4v) is 3.81. The van der Waals surface area contributed by atoms with Gasteiger partial charge in [0.2, 0.25) is 0 Å². The standard InChI is InChI=1S/C26H19FN2O3/c1-2-16-3-7-19(8-4-16)24(30)22-23(18-9-11-20(27)12-10-18)29(26(32)25(22)31)21-13-5-17(15-28)6-14-21/h3-14,23,30H,2H2,1H3/b24-22+. The van der Waals surface area contributed by atoms with Crippen molar-refractivity contribution in [1.29, 1.82) is 5.26 Å². The SMILES string of the molecule is CCc1ccc(/C(O)=C2\C(=O)C(=O)N(c3ccc(C#N)cc3)C2c2ccc(F)cc2)cc1. The van der Waals surface area contributed by atoms with Crippen LogP contribution in [-0.4, -0.2) is 16.8 Å². The molecule has 4 rings (SSSR count). The van der Waals surface area contributed by atoms with E-state index in [1.54, 1.807) is 36.4 Å². The molecule has 0 spiro atoms. The van der Waals surface area contributed by atoms with Crippen LogP contribution in [0.1, 0.15) is 35.2 Å². The minimum absolute atomic E-state index is 0.0739. The van der Waals surface area contributed by atoms with Crippen molar-refractivity contribution in [2.75, 3.05) is 4.90 Å². The highest BCUT2D eigenvalue weighted by Gasteiger charge is 2.46. The number of anilines is 1. The summed E-state index contributed by atoms with van der Waals surface area (Å²) in [7, 11) is 0. The van der Waals surface area contributed by atoms with Gasteiger partial charge in [0.1, 0.15) is 11.6 Å². The Bertz CT molecular complexity index is 1250. The van der Waals surface area contributed by atoms with E-state index in [9.17, 15) is 19.1 Å². The Morgan fingerprint density at radius 1 is 1.00 bits per heavy atom. The number of aryl methyl sites for hydroxylation is 1. The van der Waals surface area contributed by atoms with Crippen LogP contribution >= 0.6 is 0 Å². The number of hydrogen-bond donors (Lipinski definition) is 1. The van der Waals surface area contributed by atoms with Gasteiger partial charge in [-0.25, -0.2) is 4.39 Å². The molecule has 1 saturated heterocycles. The van der Waals surface area contributed by atoms with Crippen molar-refractivity contribution < 1.29 is 19.1 Å². The summed E-state index contributed by atoms with van der Waals surface area (Å²) in [5, 5.41) is 20.1. The second-order valence-corrected chi connectivity index (χ2v) is 7.43. The molecule has 6 heteroatoms. The number of halogens is 1. The van der Waals surface area contributed by atoms with E-state index >= 15 is 0 Å². The van der Waals surface area contributed by atoms with E-state index in [0.29, 0.717) is 22.4 Å². The monoisotopic (exact) mass is 426 g/mol. The number of amides is 1. The largest absolute Gasteiger partial charge is 0.507 e. The zero-order valence-electron chi connectivity index (χ0n) is 17.2. The first kappa shape index (κ1) is 21.0. The topological polar surface area (TPSA) is 81.4 Å². The summed E-state index contributed by atoms with van der Waals surface area (Å²) in [5.41, 5.74) is 2.67. The number of rotatable bonds is 4. The molecule has 1 unspecified atom stereocenters. The van der Waals surface area contributed by atoms with Crippen LogP contribution in [0.3, 0.4) is 0 Å². The van der Waals surface area contributed by atoms with Crippen molar-refractivity contribution in [3.05, 3.63) is 106 Å². The normalized spacial score (nSPS) is 17.4. The molecule has 1 aliphatic heterocycles. The van der Waals surface area contributed by atoms with Gasteiger partial charge in [-0.15, -0.1) is 0 Å². The van der Waals surface area contributed by atoms with Crippen LogP contribution in [-0.2, 0) is 16.0 Å². The van der Waals surface area contributed by atoms with Crippen LogP contribution < -0.4 is 4.90 Å². The Balaban J connectivity index is 1.90. The fourth-order valence-electron chi connectivity index (χ4n) is 3.81. The molecule has 32 heavy (non-hydrogen) atoms. The zero-order chi connectivity index (χ0) is 22.8. The zero-order valence-corrected chi connectivity index (χ0v) is 17.2. The number of aliphatic hydroxyl groups is 1. The van der Waals surface area contributed by atoms with Crippen LogP contribution in [0.25, 0.3) is 5.76 Å². The summed E-state index contributed by atoms with van der Waals surface area (Å²) < 4.78 is 13.6. The Hall–Kier alpha value is -4.24. The van der Waals surface area contributed by atoms with E-state index in [0.717, 1.165) is 12.0 Å². The molecule has 1 fully saturated rings. The van der Waals surface area contributed by atoms with Crippen molar-refractivity contribution in [3.8, 4) is 6.07 Å². The summed E-state index contributed by atoms with van der Waals surface area (Å²) >= 11 is 0. The van der Waals surface area contributed by atoms with Gasteiger partial charge in [-0.2, -0.15) is 5.26 Å². The first-order chi connectivity index (χ1) is 15.4. The molecule has 1 heterocycles. The number of nitrogens with zero attached hydrogens (tertiary/aromatic N) is 2. The minimum atomic E-state index is -0.950. The van der Waals surface area contributed by atoms with Crippen LogP contribution in [0.5, 0.6) is 0 Å². The second kappa shape index (κ2) is 8.48. The number of aliphatic hydroxyl groups excluding tert-OH is 1. The highest BCUT2D eigenvalue weighted by atomic mass is 19.1. The van der Waals surface area contributed by atoms with Gasteiger partial charge in [0, 0.05) is 11.3 Å². The highest BCUT2D eigenvalue weighted by molar-refractivity contribution is 6.51.